The van der Waals surface area contributed by atoms with E-state index in [0.29, 0.717) is 49.1 Å². The van der Waals surface area contributed by atoms with E-state index in [9.17, 15) is 14.4 Å². The molecule has 1 N–H and O–H groups in total. The highest BCUT2D eigenvalue weighted by Crippen LogP contribution is 2.34. The van der Waals surface area contributed by atoms with Gasteiger partial charge in [0, 0.05) is 66.6 Å². The maximum atomic E-state index is 13.0. The van der Waals surface area contributed by atoms with Crippen LogP contribution in [0.4, 0.5) is 0 Å². The molecule has 0 aromatic carbocycles. The van der Waals surface area contributed by atoms with Gasteiger partial charge in [-0.15, -0.1) is 0 Å². The Balaban J connectivity index is 1.83. The Labute approximate surface area is 243 Å². The first-order valence-electron chi connectivity index (χ1n) is 14.4. The first-order chi connectivity index (χ1) is 18.2. The Kier molecular flexibility index (Phi) is 16.7. The van der Waals surface area contributed by atoms with Crippen molar-refractivity contribution in [2.24, 2.45) is 17.8 Å². The SMILES string of the molecule is CC(C)CCC(=O)OCC(COC(=O)CCN(C(C)C)C1CSSC1)C(C)C(=O)CCCCC1CCNS1. The molecule has 0 aromatic rings. The molecule has 220 valence electrons. The Hall–Kier alpha value is -0.420. The van der Waals surface area contributed by atoms with Crippen molar-refractivity contribution in [2.75, 3.05) is 37.8 Å². The van der Waals surface area contributed by atoms with Crippen molar-refractivity contribution in [1.82, 2.24) is 9.62 Å². The van der Waals surface area contributed by atoms with Crippen LogP contribution in [0.1, 0.15) is 86.0 Å². The molecular formula is C28H50N2O5S3. The Morgan fingerprint density at radius 2 is 1.58 bits per heavy atom. The first kappa shape index (κ1) is 33.8. The number of esters is 2. The molecular weight excluding hydrogens is 541 g/mol. The van der Waals surface area contributed by atoms with Crippen LogP contribution in [0.2, 0.25) is 0 Å². The number of Topliss-reactive ketones (excluding diaryl/α,β-unsaturated/α-hetero) is 1. The summed E-state index contributed by atoms with van der Waals surface area (Å²) in [5.41, 5.74) is 0. The lowest BCUT2D eigenvalue weighted by Gasteiger charge is -2.31. The van der Waals surface area contributed by atoms with Crippen LogP contribution in [0.5, 0.6) is 0 Å². The third-order valence-electron chi connectivity index (χ3n) is 7.39. The van der Waals surface area contributed by atoms with Crippen molar-refractivity contribution in [3.8, 4) is 0 Å². The third kappa shape index (κ3) is 13.3. The van der Waals surface area contributed by atoms with Crippen LogP contribution in [0.3, 0.4) is 0 Å². The molecule has 38 heavy (non-hydrogen) atoms. The van der Waals surface area contributed by atoms with Crippen LogP contribution in [0.15, 0.2) is 0 Å². The van der Waals surface area contributed by atoms with Gasteiger partial charge in [-0.25, -0.2) is 0 Å². The quantitative estimate of drug-likeness (QED) is 0.0867. The van der Waals surface area contributed by atoms with Crippen molar-refractivity contribution in [3.05, 3.63) is 0 Å². The van der Waals surface area contributed by atoms with Gasteiger partial charge in [-0.3, -0.25) is 24.0 Å². The predicted octanol–water partition coefficient (Wildman–Crippen LogP) is 5.77. The second-order valence-corrected chi connectivity index (χ2v) is 15.0. The van der Waals surface area contributed by atoms with E-state index in [4.69, 9.17) is 9.47 Å². The van der Waals surface area contributed by atoms with Crippen molar-refractivity contribution in [1.29, 1.82) is 0 Å². The minimum Gasteiger partial charge on any atom is -0.465 e. The molecule has 0 saturated carbocycles. The van der Waals surface area contributed by atoms with Crippen LogP contribution in [0.25, 0.3) is 0 Å². The summed E-state index contributed by atoms with van der Waals surface area (Å²) in [4.78, 5) is 40.3. The van der Waals surface area contributed by atoms with E-state index in [2.05, 4.69) is 37.3 Å². The maximum Gasteiger partial charge on any atom is 0.307 e. The number of nitrogens with zero attached hydrogens (tertiary/aromatic N) is 1. The number of carbonyl (C=O) groups is 3. The summed E-state index contributed by atoms with van der Waals surface area (Å²) < 4.78 is 14.5. The van der Waals surface area contributed by atoms with E-state index in [1.165, 1.54) is 6.42 Å². The number of hydrogen-bond acceptors (Lipinski definition) is 10. The summed E-state index contributed by atoms with van der Waals surface area (Å²) in [7, 11) is 3.78. The highest BCUT2D eigenvalue weighted by molar-refractivity contribution is 8.77. The van der Waals surface area contributed by atoms with Gasteiger partial charge < -0.3 is 9.47 Å². The normalized spacial score (nSPS) is 19.8. The fourth-order valence-electron chi connectivity index (χ4n) is 4.68. The minimum absolute atomic E-state index is 0.102. The number of nitrogens with one attached hydrogen (secondary N) is 1. The van der Waals surface area contributed by atoms with Gasteiger partial charge >= 0.3 is 11.9 Å². The number of carbonyl (C=O) groups excluding carboxylic acids is 3. The van der Waals surface area contributed by atoms with Gasteiger partial charge in [-0.05, 0) is 45.4 Å². The molecule has 0 spiro atoms. The molecule has 0 aliphatic carbocycles. The summed E-state index contributed by atoms with van der Waals surface area (Å²) in [6.45, 7) is 12.3. The fraction of sp³-hybridized carbons (Fsp3) is 0.893. The van der Waals surface area contributed by atoms with Gasteiger partial charge in [0.1, 0.15) is 5.78 Å². The lowest BCUT2D eigenvalue weighted by Crippen LogP contribution is -2.43. The highest BCUT2D eigenvalue weighted by atomic mass is 33.1. The van der Waals surface area contributed by atoms with Crippen LogP contribution >= 0.6 is 33.5 Å². The molecule has 10 heteroatoms. The minimum atomic E-state index is -0.331. The van der Waals surface area contributed by atoms with Crippen molar-refractivity contribution >= 4 is 51.3 Å². The number of unbranched alkanes of at least 4 members (excludes halogenated alkanes) is 1. The number of ketones is 1. The zero-order valence-electron chi connectivity index (χ0n) is 24.1. The third-order valence-corrected chi connectivity index (χ3v) is 11.1. The van der Waals surface area contributed by atoms with E-state index >= 15 is 0 Å². The summed E-state index contributed by atoms with van der Waals surface area (Å²) in [6, 6.07) is 0.850. The molecule has 3 unspecified atom stereocenters. The molecule has 2 heterocycles. The average molecular weight is 591 g/mol. The first-order valence-corrected chi connectivity index (χ1v) is 17.8. The lowest BCUT2D eigenvalue weighted by atomic mass is 9.89. The predicted molar refractivity (Wildman–Crippen MR) is 161 cm³/mol. The van der Waals surface area contributed by atoms with Crippen molar-refractivity contribution in [2.45, 2.75) is 103 Å². The molecule has 0 amide bonds. The molecule has 0 radical (unpaired) electrons. The van der Waals surface area contributed by atoms with Gasteiger partial charge in [-0.2, -0.15) is 0 Å². The standard InChI is InChI=1S/C28H50N2O5S3/c1-20(2)10-11-27(32)34-16-23(22(5)26(31)9-7-6-8-25-12-14-29-38-25)17-35-28(33)13-15-30(21(3)4)24-18-36-37-19-24/h20-25,29H,6-19H2,1-5H3. The molecule has 2 aliphatic heterocycles. The topological polar surface area (TPSA) is 84.9 Å². The molecule has 0 bridgehead atoms. The number of rotatable bonds is 19. The summed E-state index contributed by atoms with van der Waals surface area (Å²) in [5.74, 6) is 1.57. The fourth-order valence-corrected chi connectivity index (χ4v) is 8.47. The summed E-state index contributed by atoms with van der Waals surface area (Å²) in [6.07, 6.45) is 6.18. The molecule has 2 saturated heterocycles. The van der Waals surface area contributed by atoms with E-state index < -0.39 is 0 Å². The zero-order chi connectivity index (χ0) is 27.9. The van der Waals surface area contributed by atoms with E-state index in [1.807, 2.05) is 40.5 Å². The van der Waals surface area contributed by atoms with Crippen LogP contribution in [-0.2, 0) is 23.9 Å². The Morgan fingerprint density at radius 1 is 0.921 bits per heavy atom. The molecule has 2 rings (SSSR count). The molecule has 0 aromatic heterocycles. The highest BCUT2D eigenvalue weighted by Gasteiger charge is 2.29. The zero-order valence-corrected chi connectivity index (χ0v) is 26.5. The number of ether oxygens (including phenoxy) is 2. The average Bonchev–Trinajstić information content (AvgIpc) is 3.59. The summed E-state index contributed by atoms with van der Waals surface area (Å²) >= 11 is 1.81. The molecule has 3 atom stereocenters. The Morgan fingerprint density at radius 3 is 2.16 bits per heavy atom. The lowest BCUT2D eigenvalue weighted by molar-refractivity contribution is -0.152. The Bertz CT molecular complexity index is 713. The largest absolute Gasteiger partial charge is 0.465 e. The van der Waals surface area contributed by atoms with E-state index in [1.54, 1.807) is 0 Å². The van der Waals surface area contributed by atoms with Crippen LogP contribution in [-0.4, -0.2) is 77.8 Å². The monoisotopic (exact) mass is 590 g/mol. The second kappa shape index (κ2) is 18.8. The van der Waals surface area contributed by atoms with E-state index in [0.717, 1.165) is 43.7 Å². The van der Waals surface area contributed by atoms with Crippen molar-refractivity contribution < 1.29 is 23.9 Å². The van der Waals surface area contributed by atoms with E-state index in [-0.39, 0.29) is 42.8 Å². The van der Waals surface area contributed by atoms with Crippen molar-refractivity contribution in [3.63, 3.8) is 0 Å². The molecule has 2 aliphatic rings. The van der Waals surface area contributed by atoms with Crippen LogP contribution in [0, 0.1) is 17.8 Å². The van der Waals surface area contributed by atoms with Crippen LogP contribution < -0.4 is 4.72 Å². The van der Waals surface area contributed by atoms with Gasteiger partial charge in [0.2, 0.25) is 0 Å². The molecule has 2 fully saturated rings. The van der Waals surface area contributed by atoms with Gasteiger partial charge in [0.05, 0.1) is 19.6 Å². The smallest absolute Gasteiger partial charge is 0.307 e. The maximum absolute atomic E-state index is 13.0. The molecule has 7 nitrogen and oxygen atoms in total. The second-order valence-electron chi connectivity index (χ2n) is 11.3. The van der Waals surface area contributed by atoms with Gasteiger partial charge in [0.25, 0.3) is 0 Å². The van der Waals surface area contributed by atoms with Gasteiger partial charge in [0.15, 0.2) is 0 Å². The van der Waals surface area contributed by atoms with Gasteiger partial charge in [-0.1, -0.05) is 60.7 Å². The number of hydrogen-bond donors (Lipinski definition) is 1. The summed E-state index contributed by atoms with van der Waals surface area (Å²) in [5, 5.41) is 0.651.